The molecule has 1 unspecified atom stereocenters. The van der Waals surface area contributed by atoms with E-state index in [1.165, 1.54) is 4.90 Å². The number of methoxy groups -OCH3 is 1. The Bertz CT molecular complexity index is 635. The number of rotatable bonds is 2. The fraction of sp³-hybridized carbons (Fsp3) is 0.529. The molecule has 2 bridgehead atoms. The summed E-state index contributed by atoms with van der Waals surface area (Å²) in [5, 5.41) is 0.647. The first-order chi connectivity index (χ1) is 10.5. The van der Waals surface area contributed by atoms with Crippen LogP contribution in [0, 0.1) is 23.7 Å². The van der Waals surface area contributed by atoms with Gasteiger partial charge in [0.05, 0.1) is 11.8 Å². The van der Waals surface area contributed by atoms with Gasteiger partial charge in [0.25, 0.3) is 0 Å². The molecular weight excluding hydrogens is 302 g/mol. The molecule has 116 valence electrons. The van der Waals surface area contributed by atoms with Gasteiger partial charge in [0.2, 0.25) is 11.8 Å². The van der Waals surface area contributed by atoms with Gasteiger partial charge in [0.15, 0.2) is 5.72 Å². The average Bonchev–Trinajstić information content (AvgIpc) is 3.17. The lowest BCUT2D eigenvalue weighted by molar-refractivity contribution is -0.165. The van der Waals surface area contributed by atoms with E-state index in [-0.39, 0.29) is 35.5 Å². The van der Waals surface area contributed by atoms with Gasteiger partial charge in [-0.25, -0.2) is 4.90 Å². The number of likely N-dealkylation sites (tertiary alicyclic amines) is 1. The topological polar surface area (TPSA) is 46.6 Å². The number of amides is 2. The Morgan fingerprint density at radius 2 is 1.82 bits per heavy atom. The lowest BCUT2D eigenvalue weighted by atomic mass is 9.85. The summed E-state index contributed by atoms with van der Waals surface area (Å²) in [5.41, 5.74) is -0.200. The minimum atomic E-state index is -1.03. The predicted molar refractivity (Wildman–Crippen MR) is 81.6 cm³/mol. The van der Waals surface area contributed by atoms with Gasteiger partial charge in [-0.1, -0.05) is 29.8 Å². The highest BCUT2D eigenvalue weighted by Gasteiger charge is 2.63. The van der Waals surface area contributed by atoms with E-state index in [1.54, 1.807) is 7.11 Å². The minimum Gasteiger partial charge on any atom is -0.354 e. The fourth-order valence-corrected chi connectivity index (χ4v) is 4.66. The zero-order valence-electron chi connectivity index (χ0n) is 12.6. The third-order valence-corrected chi connectivity index (χ3v) is 6.05. The Labute approximate surface area is 134 Å². The number of imide groups is 1. The molecule has 2 amide bonds. The Morgan fingerprint density at radius 1 is 1.23 bits per heavy atom. The quantitative estimate of drug-likeness (QED) is 0.580. The zero-order valence-corrected chi connectivity index (χ0v) is 13.3. The molecule has 0 aromatic heterocycles. The second-order valence-corrected chi connectivity index (χ2v) is 7.05. The van der Waals surface area contributed by atoms with Gasteiger partial charge in [0.1, 0.15) is 0 Å². The minimum absolute atomic E-state index is 0.0934. The maximum Gasteiger partial charge on any atom is 0.236 e. The molecule has 4 rings (SSSR count). The van der Waals surface area contributed by atoms with Crippen LogP contribution in [-0.4, -0.2) is 29.5 Å². The van der Waals surface area contributed by atoms with Gasteiger partial charge in [-0.2, -0.15) is 0 Å². The molecule has 0 aromatic rings. The van der Waals surface area contributed by atoms with Crippen molar-refractivity contribution in [2.24, 2.45) is 23.7 Å². The van der Waals surface area contributed by atoms with Crippen molar-refractivity contribution in [3.8, 4) is 0 Å². The van der Waals surface area contributed by atoms with Crippen LogP contribution < -0.4 is 0 Å². The van der Waals surface area contributed by atoms with Crippen molar-refractivity contribution in [1.82, 2.24) is 4.90 Å². The van der Waals surface area contributed by atoms with Crippen LogP contribution in [0.4, 0.5) is 0 Å². The van der Waals surface area contributed by atoms with Gasteiger partial charge in [-0.15, -0.1) is 0 Å². The standard InChI is InChI=1S/C17H18ClNO3/c1-9-8-17(22-2,6-5-12(9)18)19-15(20)13-10-3-4-11(7-10)14(13)16(19)21/h3-5,8,10-11,13-14H,6-7H2,1-2H3/t10-,11+,13-,14+,17?. The molecule has 22 heavy (non-hydrogen) atoms. The Hall–Kier alpha value is -1.39. The summed E-state index contributed by atoms with van der Waals surface area (Å²) in [6, 6.07) is 0. The third kappa shape index (κ3) is 1.62. The molecule has 5 atom stereocenters. The molecular formula is C17H18ClNO3. The highest BCUT2D eigenvalue weighted by Crippen LogP contribution is 2.54. The summed E-state index contributed by atoms with van der Waals surface area (Å²) in [5.74, 6) is -0.182. The van der Waals surface area contributed by atoms with E-state index in [2.05, 4.69) is 12.2 Å². The van der Waals surface area contributed by atoms with E-state index in [1.807, 2.05) is 19.1 Å². The predicted octanol–water partition coefficient (Wildman–Crippen LogP) is 2.61. The van der Waals surface area contributed by atoms with E-state index in [0.717, 1.165) is 12.0 Å². The molecule has 3 aliphatic carbocycles. The van der Waals surface area contributed by atoms with Crippen molar-refractivity contribution < 1.29 is 14.3 Å². The molecule has 0 radical (unpaired) electrons. The Kier molecular flexibility index (Phi) is 2.94. The molecule has 0 N–H and O–H groups in total. The number of carbonyl (C=O) groups is 2. The molecule has 1 saturated heterocycles. The normalized spacial score (nSPS) is 42.8. The lowest BCUT2D eigenvalue weighted by Gasteiger charge is -2.39. The van der Waals surface area contributed by atoms with Crippen LogP contribution in [-0.2, 0) is 14.3 Å². The second-order valence-electron chi connectivity index (χ2n) is 6.64. The number of ether oxygens (including phenoxy) is 1. The van der Waals surface area contributed by atoms with Crippen molar-refractivity contribution in [2.45, 2.75) is 25.5 Å². The molecule has 4 nitrogen and oxygen atoms in total. The van der Waals surface area contributed by atoms with E-state index in [0.29, 0.717) is 11.5 Å². The molecule has 2 fully saturated rings. The first-order valence-corrected chi connectivity index (χ1v) is 8.03. The molecule has 1 heterocycles. The first-order valence-electron chi connectivity index (χ1n) is 7.65. The molecule has 5 heteroatoms. The van der Waals surface area contributed by atoms with E-state index in [9.17, 15) is 9.59 Å². The number of halogens is 1. The van der Waals surface area contributed by atoms with Gasteiger partial charge in [-0.05, 0) is 36.8 Å². The number of fused-ring (bicyclic) bond motifs is 5. The zero-order chi connectivity index (χ0) is 15.6. The monoisotopic (exact) mass is 319 g/mol. The van der Waals surface area contributed by atoms with Crippen molar-refractivity contribution >= 4 is 23.4 Å². The van der Waals surface area contributed by atoms with Crippen molar-refractivity contribution in [1.29, 1.82) is 0 Å². The molecule has 1 aliphatic heterocycles. The number of allylic oxidation sites excluding steroid dienone is 4. The summed E-state index contributed by atoms with van der Waals surface area (Å²) in [7, 11) is 1.54. The molecule has 4 aliphatic rings. The van der Waals surface area contributed by atoms with Gasteiger partial charge in [-0.3, -0.25) is 9.59 Å². The van der Waals surface area contributed by atoms with Crippen molar-refractivity contribution in [3.05, 3.63) is 34.9 Å². The molecule has 1 saturated carbocycles. The number of nitrogens with zero attached hydrogens (tertiary/aromatic N) is 1. The highest BCUT2D eigenvalue weighted by atomic mass is 35.5. The van der Waals surface area contributed by atoms with Crippen LogP contribution in [0.15, 0.2) is 34.9 Å². The molecule has 0 spiro atoms. The first kappa shape index (κ1) is 14.2. The number of hydrogen-bond donors (Lipinski definition) is 0. The van der Waals surface area contributed by atoms with Crippen molar-refractivity contribution in [2.75, 3.05) is 7.11 Å². The van der Waals surface area contributed by atoms with Crippen LogP contribution in [0.1, 0.15) is 19.8 Å². The van der Waals surface area contributed by atoms with Gasteiger partial charge < -0.3 is 4.74 Å². The summed E-state index contributed by atoms with van der Waals surface area (Å²) in [4.78, 5) is 27.3. The summed E-state index contributed by atoms with van der Waals surface area (Å²) < 4.78 is 5.66. The third-order valence-electron chi connectivity index (χ3n) is 5.59. The van der Waals surface area contributed by atoms with Gasteiger partial charge in [0, 0.05) is 18.6 Å². The summed E-state index contributed by atoms with van der Waals surface area (Å²) in [6.07, 6.45) is 9.15. The summed E-state index contributed by atoms with van der Waals surface area (Å²) in [6.45, 7) is 1.86. The fourth-order valence-electron chi connectivity index (χ4n) is 4.53. The smallest absolute Gasteiger partial charge is 0.236 e. The SMILES string of the molecule is COC1(N2C(=O)[C@@H]3[C@H](C2=O)[C@@H]2C=C[C@H]3C2)C=C(C)C(Cl)=CC1. The lowest BCUT2D eigenvalue weighted by Crippen LogP contribution is -2.53. The Morgan fingerprint density at radius 3 is 2.32 bits per heavy atom. The number of carbonyl (C=O) groups excluding carboxylic acids is 2. The van der Waals surface area contributed by atoms with E-state index in [4.69, 9.17) is 16.3 Å². The van der Waals surface area contributed by atoms with Crippen LogP contribution in [0.2, 0.25) is 0 Å². The average molecular weight is 320 g/mol. The maximum atomic E-state index is 12.9. The largest absolute Gasteiger partial charge is 0.354 e. The second kappa shape index (κ2) is 4.56. The van der Waals surface area contributed by atoms with Crippen LogP contribution in [0.25, 0.3) is 0 Å². The van der Waals surface area contributed by atoms with Crippen LogP contribution >= 0.6 is 11.6 Å². The molecule has 0 aromatic carbocycles. The maximum absolute atomic E-state index is 12.9. The highest BCUT2D eigenvalue weighted by molar-refractivity contribution is 6.32. The Balaban J connectivity index is 1.75. The summed E-state index contributed by atoms with van der Waals surface area (Å²) >= 11 is 6.12. The number of hydrogen-bond acceptors (Lipinski definition) is 3. The van der Waals surface area contributed by atoms with Crippen molar-refractivity contribution in [3.63, 3.8) is 0 Å². The van der Waals surface area contributed by atoms with E-state index >= 15 is 0 Å². The van der Waals surface area contributed by atoms with Crippen LogP contribution in [0.5, 0.6) is 0 Å². The van der Waals surface area contributed by atoms with Gasteiger partial charge >= 0.3 is 0 Å². The van der Waals surface area contributed by atoms with E-state index < -0.39 is 5.72 Å². The van der Waals surface area contributed by atoms with Crippen LogP contribution in [0.3, 0.4) is 0 Å².